The number of carbonyl (C=O) groups is 1. The summed E-state index contributed by atoms with van der Waals surface area (Å²) >= 11 is 2.13. The average molecular weight is 493 g/mol. The fourth-order valence-electron chi connectivity index (χ4n) is 2.22. The molecule has 0 aliphatic rings. The first-order valence-corrected chi connectivity index (χ1v) is 11.9. The Morgan fingerprint density at radius 2 is 1.60 bits per heavy atom. The third kappa shape index (κ3) is 8.56. The van der Waals surface area contributed by atoms with Gasteiger partial charge in [0, 0.05) is 17.6 Å². The van der Waals surface area contributed by atoms with Crippen molar-refractivity contribution in [2.75, 3.05) is 30.4 Å². The highest BCUT2D eigenvalue weighted by molar-refractivity contribution is 14.1. The molecule has 0 aromatic heterocycles. The molecule has 0 aromatic carbocycles. The number of alkyl halides is 1. The highest BCUT2D eigenvalue weighted by atomic mass is 127. The minimum absolute atomic E-state index is 0.0967. The van der Waals surface area contributed by atoms with E-state index >= 15 is 0 Å². The number of alkyl carbamates (subject to hydrolysis) is 1. The first kappa shape index (κ1) is 25.1. The summed E-state index contributed by atoms with van der Waals surface area (Å²) in [5.41, 5.74) is -1.96. The number of amides is 1. The molecule has 0 spiro atoms. The Labute approximate surface area is 165 Å². The van der Waals surface area contributed by atoms with Gasteiger partial charge in [0.1, 0.15) is 5.60 Å². The van der Waals surface area contributed by atoms with E-state index in [1.807, 2.05) is 13.8 Å². The molecule has 0 heterocycles. The van der Waals surface area contributed by atoms with Gasteiger partial charge in [-0.3, -0.25) is 4.57 Å². The third-order valence-corrected chi connectivity index (χ3v) is 7.30. The second-order valence-electron chi connectivity index (χ2n) is 6.54. The highest BCUT2D eigenvalue weighted by Crippen LogP contribution is 2.60. The van der Waals surface area contributed by atoms with Gasteiger partial charge in [-0.1, -0.05) is 22.6 Å². The lowest BCUT2D eigenvalue weighted by molar-refractivity contribution is -0.168. The van der Waals surface area contributed by atoms with Gasteiger partial charge in [-0.2, -0.15) is 0 Å². The molecule has 25 heavy (non-hydrogen) atoms. The first-order valence-electron chi connectivity index (χ1n) is 8.54. The van der Waals surface area contributed by atoms with Gasteiger partial charge >= 0.3 is 6.09 Å². The van der Waals surface area contributed by atoms with Gasteiger partial charge < -0.3 is 24.1 Å². The normalized spacial score (nSPS) is 16.2. The molecule has 0 radical (unpaired) electrons. The van der Waals surface area contributed by atoms with Crippen molar-refractivity contribution in [3.8, 4) is 0 Å². The molecule has 0 fully saturated rings. The Morgan fingerprint density at radius 1 is 1.08 bits per heavy atom. The van der Waals surface area contributed by atoms with Crippen molar-refractivity contribution < 1.29 is 28.1 Å². The van der Waals surface area contributed by atoms with E-state index in [0.717, 1.165) is 0 Å². The molecule has 0 bridgehead atoms. The van der Waals surface area contributed by atoms with E-state index in [1.54, 1.807) is 34.6 Å². The van der Waals surface area contributed by atoms with E-state index in [0.29, 0.717) is 17.6 Å². The molecule has 0 saturated heterocycles. The molecule has 0 aliphatic carbocycles. The lowest BCUT2D eigenvalue weighted by Gasteiger charge is -2.37. The van der Waals surface area contributed by atoms with E-state index in [4.69, 9.17) is 18.7 Å². The van der Waals surface area contributed by atoms with Crippen molar-refractivity contribution in [2.24, 2.45) is 0 Å². The molecule has 0 aliphatic heterocycles. The molecule has 1 unspecified atom stereocenters. The van der Waals surface area contributed by atoms with E-state index < -0.39 is 30.6 Å². The van der Waals surface area contributed by atoms with Crippen LogP contribution in [0.4, 0.5) is 4.79 Å². The van der Waals surface area contributed by atoms with Crippen molar-refractivity contribution in [2.45, 2.75) is 65.6 Å². The zero-order chi connectivity index (χ0) is 19.7. The average Bonchev–Trinajstić information content (AvgIpc) is 2.45. The summed E-state index contributed by atoms with van der Waals surface area (Å²) < 4.78 is 36.4. The van der Waals surface area contributed by atoms with Crippen LogP contribution in [0.3, 0.4) is 0 Å². The van der Waals surface area contributed by atoms with Crippen molar-refractivity contribution in [1.82, 2.24) is 5.32 Å². The molecule has 0 aromatic rings. The maximum Gasteiger partial charge on any atom is 0.407 e. The van der Waals surface area contributed by atoms with E-state index in [1.165, 1.54) is 0 Å². The van der Waals surface area contributed by atoms with E-state index in [9.17, 15) is 9.36 Å². The molecular weight excluding hydrogens is 460 g/mol. The second kappa shape index (κ2) is 11.1. The predicted octanol–water partition coefficient (Wildman–Crippen LogP) is 4.38. The van der Waals surface area contributed by atoms with Crippen LogP contribution in [0.2, 0.25) is 0 Å². The van der Waals surface area contributed by atoms with E-state index in [-0.39, 0.29) is 12.8 Å². The van der Waals surface area contributed by atoms with Crippen molar-refractivity contribution in [3.63, 3.8) is 0 Å². The second-order valence-corrected chi connectivity index (χ2v) is 10.2. The fraction of sp³-hybridized carbons (Fsp3) is 0.938. The summed E-state index contributed by atoms with van der Waals surface area (Å²) in [6, 6.07) is -0.395. The Balaban J connectivity index is 5.35. The predicted molar refractivity (Wildman–Crippen MR) is 108 cm³/mol. The minimum Gasteiger partial charge on any atom is -0.444 e. The van der Waals surface area contributed by atoms with Gasteiger partial charge in [-0.05, 0) is 48.5 Å². The zero-order valence-electron chi connectivity index (χ0n) is 16.4. The van der Waals surface area contributed by atoms with Crippen LogP contribution in [0.5, 0.6) is 0 Å². The summed E-state index contributed by atoms with van der Waals surface area (Å²) in [7, 11) is -3.37. The zero-order valence-corrected chi connectivity index (χ0v) is 19.4. The molecular formula is C16H33INO6P. The third-order valence-electron chi connectivity index (χ3n) is 3.15. The maximum absolute atomic E-state index is 13.6. The van der Waals surface area contributed by atoms with Gasteiger partial charge in [0.25, 0.3) is 7.37 Å². The Morgan fingerprint density at radius 3 is 1.96 bits per heavy atom. The number of nitrogens with one attached hydrogen (secondary N) is 1. The number of hydrogen-bond acceptors (Lipinski definition) is 6. The molecule has 2 atom stereocenters. The molecule has 0 rings (SSSR count). The lowest BCUT2D eigenvalue weighted by atomic mass is 10.2. The lowest BCUT2D eigenvalue weighted by Crippen LogP contribution is -2.44. The molecule has 1 N–H and O–H groups in total. The van der Waals surface area contributed by atoms with Crippen LogP contribution in [0.25, 0.3) is 0 Å². The quantitative estimate of drug-likeness (QED) is 0.199. The number of hydrogen-bond donors (Lipinski definition) is 1. The summed E-state index contributed by atoms with van der Waals surface area (Å²) in [6.07, 6.45) is -0.453. The fourth-order valence-corrected chi connectivity index (χ4v) is 5.78. The highest BCUT2D eigenvalue weighted by Gasteiger charge is 2.49. The Kier molecular flexibility index (Phi) is 11.1. The van der Waals surface area contributed by atoms with Crippen LogP contribution in [0.15, 0.2) is 0 Å². The molecule has 9 heteroatoms. The largest absolute Gasteiger partial charge is 0.444 e. The number of rotatable bonds is 11. The topological polar surface area (TPSA) is 83.1 Å². The minimum atomic E-state index is -3.37. The maximum atomic E-state index is 13.6. The Hall–Kier alpha value is 0.110. The van der Waals surface area contributed by atoms with Crippen LogP contribution in [-0.4, -0.2) is 53.7 Å². The number of carbonyl (C=O) groups excluding carboxylic acids is 1. The summed E-state index contributed by atoms with van der Waals surface area (Å²) in [5, 5.41) is 2.76. The number of ether oxygens (including phenoxy) is 3. The molecule has 1 amide bonds. The van der Waals surface area contributed by atoms with Crippen molar-refractivity contribution in [3.05, 3.63) is 0 Å². The summed E-state index contributed by atoms with van der Waals surface area (Å²) in [5.74, 6) is 0. The molecule has 150 valence electrons. The SMILES string of the molecule is CCOC(C)(OCC)P(=O)(C[C@@H](CI)NC(=O)OC(C)(C)C)OCC. The van der Waals surface area contributed by atoms with Gasteiger partial charge in [-0.25, -0.2) is 4.79 Å². The van der Waals surface area contributed by atoms with Gasteiger partial charge in [0.2, 0.25) is 5.53 Å². The number of halogens is 1. The standard InChI is InChI=1S/C16H33INO6P/c1-8-21-16(7,22-9-2)25(20,23-10-3)12-13(11-17)18-14(19)24-15(4,5)6/h13H,8-12H2,1-7H3,(H,18,19)/t13-,25?/m1/s1. The summed E-state index contributed by atoms with van der Waals surface area (Å²) in [6.45, 7) is 13.3. The van der Waals surface area contributed by atoms with Crippen LogP contribution in [0.1, 0.15) is 48.5 Å². The van der Waals surface area contributed by atoms with Gasteiger partial charge in [0.15, 0.2) is 0 Å². The van der Waals surface area contributed by atoms with Crippen LogP contribution in [-0.2, 0) is 23.3 Å². The monoisotopic (exact) mass is 493 g/mol. The van der Waals surface area contributed by atoms with E-state index in [2.05, 4.69) is 27.9 Å². The molecule has 0 saturated carbocycles. The Bertz CT molecular complexity index is 448. The summed E-state index contributed by atoms with van der Waals surface area (Å²) in [4.78, 5) is 12.0. The van der Waals surface area contributed by atoms with Crippen molar-refractivity contribution >= 4 is 36.1 Å². The first-order chi connectivity index (χ1) is 11.5. The van der Waals surface area contributed by atoms with Crippen molar-refractivity contribution in [1.29, 1.82) is 0 Å². The van der Waals surface area contributed by atoms with Gasteiger partial charge in [0.05, 0.1) is 18.8 Å². The van der Waals surface area contributed by atoms with Gasteiger partial charge in [-0.15, -0.1) is 0 Å². The van der Waals surface area contributed by atoms with Crippen LogP contribution < -0.4 is 5.32 Å². The van der Waals surface area contributed by atoms with Crippen LogP contribution in [0, 0.1) is 0 Å². The van der Waals surface area contributed by atoms with Crippen LogP contribution >= 0.6 is 30.0 Å². The smallest absolute Gasteiger partial charge is 0.407 e. The molecule has 7 nitrogen and oxygen atoms in total.